The fourth-order valence-electron chi connectivity index (χ4n) is 2.70. The number of aryl methyl sites for hydroxylation is 1. The van der Waals surface area contributed by atoms with Crippen LogP contribution in [0.1, 0.15) is 19.4 Å². The monoisotopic (exact) mass is 302 g/mol. The predicted octanol–water partition coefficient (Wildman–Crippen LogP) is 5.98. The largest absolute Gasteiger partial charge is 0.494 e. The quantitative estimate of drug-likeness (QED) is 0.563. The van der Waals surface area contributed by atoms with Crippen LogP contribution in [-0.2, 0) is 6.42 Å². The third kappa shape index (κ3) is 3.62. The maximum atomic E-state index is 5.49. The second kappa shape index (κ2) is 7.15. The van der Waals surface area contributed by atoms with Gasteiger partial charge in [0.1, 0.15) is 5.75 Å². The Morgan fingerprint density at radius 3 is 1.35 bits per heavy atom. The van der Waals surface area contributed by atoms with Crippen LogP contribution in [0.2, 0.25) is 0 Å². The molecule has 0 heterocycles. The molecule has 0 aromatic heterocycles. The number of benzene rings is 3. The predicted molar refractivity (Wildman–Crippen MR) is 97.9 cm³/mol. The summed E-state index contributed by atoms with van der Waals surface area (Å²) in [7, 11) is 0. The van der Waals surface area contributed by atoms with Crippen LogP contribution in [-0.4, -0.2) is 6.61 Å². The molecule has 0 radical (unpaired) electrons. The second-order valence-corrected chi connectivity index (χ2v) is 5.59. The van der Waals surface area contributed by atoms with Crippen molar-refractivity contribution in [1.82, 2.24) is 0 Å². The molecule has 0 aliphatic heterocycles. The van der Waals surface area contributed by atoms with Gasteiger partial charge in [-0.25, -0.2) is 0 Å². The van der Waals surface area contributed by atoms with Gasteiger partial charge in [0.2, 0.25) is 0 Å². The Hall–Kier alpha value is -2.54. The molecule has 116 valence electrons. The molecule has 3 aromatic rings. The minimum Gasteiger partial charge on any atom is -0.494 e. The third-order valence-corrected chi connectivity index (χ3v) is 4.08. The average molecular weight is 302 g/mol. The van der Waals surface area contributed by atoms with Gasteiger partial charge < -0.3 is 4.74 Å². The SMILES string of the molecule is CCOc1ccc(-c2ccc(-c3ccc(CC)cc3)cc2)cc1. The zero-order chi connectivity index (χ0) is 16.1. The topological polar surface area (TPSA) is 9.23 Å². The highest BCUT2D eigenvalue weighted by molar-refractivity contribution is 5.70. The van der Waals surface area contributed by atoms with Crippen LogP contribution in [0.15, 0.2) is 72.8 Å². The molecule has 0 aliphatic rings. The molecular weight excluding hydrogens is 280 g/mol. The molecule has 3 aromatic carbocycles. The van der Waals surface area contributed by atoms with E-state index in [0.29, 0.717) is 6.61 Å². The van der Waals surface area contributed by atoms with Crippen LogP contribution in [0, 0.1) is 0 Å². The summed E-state index contributed by atoms with van der Waals surface area (Å²) >= 11 is 0. The lowest BCUT2D eigenvalue weighted by Crippen LogP contribution is -1.90. The van der Waals surface area contributed by atoms with Crippen molar-refractivity contribution in [2.45, 2.75) is 20.3 Å². The number of hydrogen-bond donors (Lipinski definition) is 0. The lowest BCUT2D eigenvalue weighted by molar-refractivity contribution is 0.340. The van der Waals surface area contributed by atoms with Crippen molar-refractivity contribution < 1.29 is 4.74 Å². The normalized spacial score (nSPS) is 10.5. The molecule has 23 heavy (non-hydrogen) atoms. The van der Waals surface area contributed by atoms with Crippen molar-refractivity contribution in [1.29, 1.82) is 0 Å². The van der Waals surface area contributed by atoms with Gasteiger partial charge in [-0.15, -0.1) is 0 Å². The van der Waals surface area contributed by atoms with Crippen molar-refractivity contribution in [3.8, 4) is 28.0 Å². The average Bonchev–Trinajstić information content (AvgIpc) is 2.63. The van der Waals surface area contributed by atoms with E-state index in [2.05, 4.69) is 67.6 Å². The van der Waals surface area contributed by atoms with E-state index in [0.717, 1.165) is 12.2 Å². The number of hydrogen-bond acceptors (Lipinski definition) is 1. The molecule has 0 N–H and O–H groups in total. The molecule has 0 fully saturated rings. The van der Waals surface area contributed by atoms with Crippen molar-refractivity contribution in [2.75, 3.05) is 6.61 Å². The highest BCUT2D eigenvalue weighted by Crippen LogP contribution is 2.26. The first-order chi connectivity index (χ1) is 11.3. The molecule has 0 unspecified atom stereocenters. The summed E-state index contributed by atoms with van der Waals surface area (Å²) < 4.78 is 5.49. The third-order valence-electron chi connectivity index (χ3n) is 4.08. The Morgan fingerprint density at radius 2 is 0.957 bits per heavy atom. The molecule has 0 amide bonds. The molecular formula is C22H22O. The lowest BCUT2D eigenvalue weighted by Gasteiger charge is -2.07. The van der Waals surface area contributed by atoms with Crippen LogP contribution in [0.5, 0.6) is 5.75 Å². The van der Waals surface area contributed by atoms with Crippen molar-refractivity contribution in [2.24, 2.45) is 0 Å². The summed E-state index contributed by atoms with van der Waals surface area (Å²) in [6.07, 6.45) is 1.08. The first-order valence-corrected chi connectivity index (χ1v) is 8.22. The zero-order valence-corrected chi connectivity index (χ0v) is 13.8. The molecule has 0 saturated heterocycles. The van der Waals surface area contributed by atoms with E-state index in [4.69, 9.17) is 4.74 Å². The van der Waals surface area contributed by atoms with E-state index in [9.17, 15) is 0 Å². The van der Waals surface area contributed by atoms with Crippen molar-refractivity contribution in [3.05, 3.63) is 78.4 Å². The van der Waals surface area contributed by atoms with Crippen LogP contribution in [0.4, 0.5) is 0 Å². The van der Waals surface area contributed by atoms with Crippen molar-refractivity contribution in [3.63, 3.8) is 0 Å². The molecule has 0 atom stereocenters. The van der Waals surface area contributed by atoms with Gasteiger partial charge in [0.25, 0.3) is 0 Å². The Kier molecular flexibility index (Phi) is 4.77. The molecule has 0 spiro atoms. The maximum Gasteiger partial charge on any atom is 0.119 e. The molecule has 1 nitrogen and oxygen atoms in total. The Bertz CT molecular complexity index is 737. The van der Waals surface area contributed by atoms with Gasteiger partial charge in [0.05, 0.1) is 6.61 Å². The molecule has 1 heteroatoms. The Morgan fingerprint density at radius 1 is 0.565 bits per heavy atom. The lowest BCUT2D eigenvalue weighted by atomic mass is 9.99. The van der Waals surface area contributed by atoms with Gasteiger partial charge in [-0.3, -0.25) is 0 Å². The van der Waals surface area contributed by atoms with E-state index >= 15 is 0 Å². The molecule has 0 bridgehead atoms. The molecule has 0 saturated carbocycles. The second-order valence-electron chi connectivity index (χ2n) is 5.59. The van der Waals surface area contributed by atoms with Crippen molar-refractivity contribution >= 4 is 0 Å². The zero-order valence-electron chi connectivity index (χ0n) is 13.8. The summed E-state index contributed by atoms with van der Waals surface area (Å²) in [4.78, 5) is 0. The smallest absolute Gasteiger partial charge is 0.119 e. The van der Waals surface area contributed by atoms with Crippen LogP contribution in [0.25, 0.3) is 22.3 Å². The van der Waals surface area contributed by atoms with Crippen LogP contribution in [0.3, 0.4) is 0 Å². The fraction of sp³-hybridized carbons (Fsp3) is 0.182. The minimum absolute atomic E-state index is 0.699. The van der Waals surface area contributed by atoms with Gasteiger partial charge in [-0.05, 0) is 53.3 Å². The summed E-state index contributed by atoms with van der Waals surface area (Å²) in [5, 5.41) is 0. The number of rotatable bonds is 5. The fourth-order valence-corrected chi connectivity index (χ4v) is 2.70. The Labute approximate surface area is 138 Å². The Balaban J connectivity index is 1.80. The molecule has 0 aliphatic carbocycles. The van der Waals surface area contributed by atoms with E-state index in [1.54, 1.807) is 0 Å². The van der Waals surface area contributed by atoms with Gasteiger partial charge in [0.15, 0.2) is 0 Å². The van der Waals surface area contributed by atoms with Gasteiger partial charge >= 0.3 is 0 Å². The van der Waals surface area contributed by atoms with Crippen LogP contribution < -0.4 is 4.74 Å². The van der Waals surface area contributed by atoms with E-state index in [1.807, 2.05) is 19.1 Å². The number of ether oxygens (including phenoxy) is 1. The standard InChI is InChI=1S/C22H22O/c1-3-17-5-7-18(8-6-17)19-9-11-20(12-10-19)21-13-15-22(16-14-21)23-4-2/h5-16H,3-4H2,1-2H3. The van der Waals surface area contributed by atoms with Gasteiger partial charge in [-0.1, -0.05) is 67.6 Å². The van der Waals surface area contributed by atoms with Crippen LogP contribution >= 0.6 is 0 Å². The minimum atomic E-state index is 0.699. The van der Waals surface area contributed by atoms with E-state index < -0.39 is 0 Å². The van der Waals surface area contributed by atoms with E-state index in [-0.39, 0.29) is 0 Å². The first-order valence-electron chi connectivity index (χ1n) is 8.22. The van der Waals surface area contributed by atoms with Gasteiger partial charge in [0, 0.05) is 0 Å². The highest BCUT2D eigenvalue weighted by atomic mass is 16.5. The van der Waals surface area contributed by atoms with Gasteiger partial charge in [-0.2, -0.15) is 0 Å². The maximum absolute atomic E-state index is 5.49. The highest BCUT2D eigenvalue weighted by Gasteiger charge is 2.01. The summed E-state index contributed by atoms with van der Waals surface area (Å²) in [6, 6.07) is 25.8. The van der Waals surface area contributed by atoms with E-state index in [1.165, 1.54) is 27.8 Å². The molecule has 3 rings (SSSR count). The first kappa shape index (κ1) is 15.4. The summed E-state index contributed by atoms with van der Waals surface area (Å²) in [5.74, 6) is 0.920. The summed E-state index contributed by atoms with van der Waals surface area (Å²) in [5.41, 5.74) is 6.32. The summed E-state index contributed by atoms with van der Waals surface area (Å²) in [6.45, 7) is 4.88.